The van der Waals surface area contributed by atoms with Gasteiger partial charge in [0.15, 0.2) is 0 Å². The molecule has 1 heterocycles. The van der Waals surface area contributed by atoms with Crippen LogP contribution in [0.2, 0.25) is 0 Å². The molecule has 2 aliphatic rings. The Kier molecular flexibility index (Phi) is 2.86. The molecule has 1 aliphatic heterocycles. The van der Waals surface area contributed by atoms with Crippen LogP contribution in [-0.4, -0.2) is 30.3 Å². The Labute approximate surface area is 97.1 Å². The van der Waals surface area contributed by atoms with Crippen LogP contribution >= 0.6 is 0 Å². The predicted molar refractivity (Wildman–Crippen MR) is 62.3 cm³/mol. The molecule has 0 aromatic heterocycles. The Morgan fingerprint density at radius 1 is 1.38 bits per heavy atom. The third-order valence-corrected chi connectivity index (χ3v) is 3.56. The Balaban J connectivity index is 1.89. The molecule has 16 heavy (non-hydrogen) atoms. The summed E-state index contributed by atoms with van der Waals surface area (Å²) in [6.07, 6.45) is 3.14. The molecular formula is C12H22N2O2. The summed E-state index contributed by atoms with van der Waals surface area (Å²) in [5, 5.41) is 6.35. The first-order valence-electron chi connectivity index (χ1n) is 6.13. The van der Waals surface area contributed by atoms with Crippen molar-refractivity contribution in [3.63, 3.8) is 0 Å². The molecule has 1 saturated heterocycles. The van der Waals surface area contributed by atoms with Crippen LogP contribution in [0.3, 0.4) is 0 Å². The molecule has 2 rings (SSSR count). The van der Waals surface area contributed by atoms with Gasteiger partial charge in [-0.2, -0.15) is 0 Å². The van der Waals surface area contributed by atoms with E-state index < -0.39 is 5.60 Å². The maximum atomic E-state index is 11.8. The lowest BCUT2D eigenvalue weighted by molar-refractivity contribution is 0.0184. The van der Waals surface area contributed by atoms with E-state index in [-0.39, 0.29) is 11.6 Å². The Hall–Kier alpha value is -0.770. The average molecular weight is 226 g/mol. The topological polar surface area (TPSA) is 50.4 Å². The largest absolute Gasteiger partial charge is 0.444 e. The predicted octanol–water partition coefficient (Wildman–Crippen LogP) is 1.65. The van der Waals surface area contributed by atoms with Gasteiger partial charge >= 0.3 is 6.09 Å². The van der Waals surface area contributed by atoms with Gasteiger partial charge in [-0.3, -0.25) is 0 Å². The number of carbonyl (C=O) groups is 1. The lowest BCUT2D eigenvalue weighted by Crippen LogP contribution is -2.67. The zero-order valence-corrected chi connectivity index (χ0v) is 10.4. The SMILES string of the molecule is CC(C)(C)OC(=O)NC1(C2CNC2)CCC1. The molecule has 1 saturated carbocycles. The Morgan fingerprint density at radius 3 is 2.31 bits per heavy atom. The highest BCUT2D eigenvalue weighted by Gasteiger charge is 2.48. The summed E-state index contributed by atoms with van der Waals surface area (Å²) in [5.41, 5.74) is -0.388. The van der Waals surface area contributed by atoms with Gasteiger partial charge in [0, 0.05) is 24.5 Å². The van der Waals surface area contributed by atoms with Gasteiger partial charge in [-0.15, -0.1) is 0 Å². The second-order valence-electron chi connectivity index (χ2n) is 5.99. The van der Waals surface area contributed by atoms with E-state index in [9.17, 15) is 4.79 Å². The van der Waals surface area contributed by atoms with Gasteiger partial charge < -0.3 is 15.4 Å². The van der Waals surface area contributed by atoms with Crippen LogP contribution in [-0.2, 0) is 4.74 Å². The molecule has 0 aromatic rings. The highest BCUT2D eigenvalue weighted by molar-refractivity contribution is 5.69. The molecular weight excluding hydrogens is 204 g/mol. The fourth-order valence-corrected chi connectivity index (χ4v) is 2.38. The van der Waals surface area contributed by atoms with E-state index in [0.29, 0.717) is 5.92 Å². The van der Waals surface area contributed by atoms with Gasteiger partial charge in [-0.1, -0.05) is 0 Å². The van der Waals surface area contributed by atoms with Crippen LogP contribution < -0.4 is 10.6 Å². The second kappa shape index (κ2) is 3.91. The van der Waals surface area contributed by atoms with Gasteiger partial charge in [0.25, 0.3) is 0 Å². The Bertz CT molecular complexity index is 275. The van der Waals surface area contributed by atoms with E-state index in [1.807, 2.05) is 20.8 Å². The van der Waals surface area contributed by atoms with Crippen LogP contribution in [0.5, 0.6) is 0 Å². The summed E-state index contributed by atoms with van der Waals surface area (Å²) < 4.78 is 5.32. The van der Waals surface area contributed by atoms with E-state index in [1.54, 1.807) is 0 Å². The minimum absolute atomic E-state index is 0.0214. The van der Waals surface area contributed by atoms with E-state index in [1.165, 1.54) is 6.42 Å². The van der Waals surface area contributed by atoms with E-state index in [4.69, 9.17) is 4.74 Å². The van der Waals surface area contributed by atoms with Crippen LogP contribution in [0.1, 0.15) is 40.0 Å². The van der Waals surface area contributed by atoms with Crippen molar-refractivity contribution in [1.29, 1.82) is 0 Å². The summed E-state index contributed by atoms with van der Waals surface area (Å²) in [7, 11) is 0. The number of hydrogen-bond acceptors (Lipinski definition) is 3. The van der Waals surface area contributed by atoms with Gasteiger partial charge in [0.1, 0.15) is 5.60 Å². The quantitative estimate of drug-likeness (QED) is 0.753. The first-order chi connectivity index (χ1) is 7.41. The second-order valence-corrected chi connectivity index (χ2v) is 5.99. The number of carbonyl (C=O) groups excluding carboxylic acids is 1. The lowest BCUT2D eigenvalue weighted by Gasteiger charge is -2.51. The molecule has 0 atom stereocenters. The zero-order chi connectivity index (χ0) is 11.8. The fraction of sp³-hybridized carbons (Fsp3) is 0.917. The molecule has 1 aliphatic carbocycles. The van der Waals surface area contributed by atoms with Crippen LogP contribution in [0, 0.1) is 5.92 Å². The zero-order valence-electron chi connectivity index (χ0n) is 10.4. The van der Waals surface area contributed by atoms with E-state index in [2.05, 4.69) is 10.6 Å². The first kappa shape index (κ1) is 11.7. The van der Waals surface area contributed by atoms with Gasteiger partial charge in [-0.25, -0.2) is 4.79 Å². The van der Waals surface area contributed by atoms with Crippen molar-refractivity contribution in [1.82, 2.24) is 10.6 Å². The van der Waals surface area contributed by atoms with E-state index in [0.717, 1.165) is 25.9 Å². The highest BCUT2D eigenvalue weighted by Crippen LogP contribution is 2.40. The summed E-state index contributed by atoms with van der Waals surface area (Å²) >= 11 is 0. The maximum Gasteiger partial charge on any atom is 0.408 e. The number of nitrogens with one attached hydrogen (secondary N) is 2. The molecule has 92 valence electrons. The Morgan fingerprint density at radius 2 is 2.00 bits per heavy atom. The maximum absolute atomic E-state index is 11.8. The van der Waals surface area contributed by atoms with Gasteiger partial charge in [0.05, 0.1) is 0 Å². The molecule has 2 N–H and O–H groups in total. The summed E-state index contributed by atoms with van der Waals surface area (Å²) in [6, 6.07) is 0. The third kappa shape index (κ3) is 2.32. The number of alkyl carbamates (subject to hydrolysis) is 1. The summed E-state index contributed by atoms with van der Waals surface area (Å²) in [6.45, 7) is 7.73. The van der Waals surface area contributed by atoms with Crippen LogP contribution in [0.4, 0.5) is 4.79 Å². The van der Waals surface area contributed by atoms with Crippen molar-refractivity contribution >= 4 is 6.09 Å². The average Bonchev–Trinajstić information content (AvgIpc) is 1.92. The molecule has 0 spiro atoms. The summed E-state index contributed by atoms with van der Waals surface area (Å²) in [5.74, 6) is 0.591. The standard InChI is InChI=1S/C12H22N2O2/c1-11(2,3)16-10(15)14-12(5-4-6-12)9-7-13-8-9/h9,13H,4-8H2,1-3H3,(H,14,15). The van der Waals surface area contributed by atoms with E-state index >= 15 is 0 Å². The van der Waals surface area contributed by atoms with Crippen molar-refractivity contribution in [2.24, 2.45) is 5.92 Å². The number of hydrogen-bond donors (Lipinski definition) is 2. The van der Waals surface area contributed by atoms with Crippen molar-refractivity contribution in [2.75, 3.05) is 13.1 Å². The molecule has 0 radical (unpaired) electrons. The molecule has 4 heteroatoms. The summed E-state index contributed by atoms with van der Waals surface area (Å²) in [4.78, 5) is 11.8. The number of rotatable bonds is 2. The minimum Gasteiger partial charge on any atom is -0.444 e. The van der Waals surface area contributed by atoms with Crippen molar-refractivity contribution < 1.29 is 9.53 Å². The van der Waals surface area contributed by atoms with Crippen LogP contribution in [0.25, 0.3) is 0 Å². The highest BCUT2D eigenvalue weighted by atomic mass is 16.6. The molecule has 4 nitrogen and oxygen atoms in total. The fourth-order valence-electron chi connectivity index (χ4n) is 2.38. The van der Waals surface area contributed by atoms with Crippen molar-refractivity contribution in [2.45, 2.75) is 51.2 Å². The lowest BCUT2D eigenvalue weighted by atomic mass is 9.66. The molecule has 2 fully saturated rings. The smallest absolute Gasteiger partial charge is 0.408 e. The molecule has 0 bridgehead atoms. The molecule has 0 unspecified atom stereocenters. The molecule has 0 aromatic carbocycles. The normalized spacial score (nSPS) is 24.2. The minimum atomic E-state index is -0.410. The van der Waals surface area contributed by atoms with Gasteiger partial charge in [-0.05, 0) is 40.0 Å². The molecule has 1 amide bonds. The van der Waals surface area contributed by atoms with Gasteiger partial charge in [0.2, 0.25) is 0 Å². The third-order valence-electron chi connectivity index (χ3n) is 3.56. The van der Waals surface area contributed by atoms with Crippen molar-refractivity contribution in [3.8, 4) is 0 Å². The monoisotopic (exact) mass is 226 g/mol. The number of ether oxygens (including phenoxy) is 1. The van der Waals surface area contributed by atoms with Crippen molar-refractivity contribution in [3.05, 3.63) is 0 Å². The number of amides is 1. The van der Waals surface area contributed by atoms with Crippen LogP contribution in [0.15, 0.2) is 0 Å². The first-order valence-corrected chi connectivity index (χ1v) is 6.13.